The maximum absolute atomic E-state index is 13.2. The standard InChI is InChI=1S/C27H31ClF3N7O3/c1-25(2,3)41-24(40)36-5-4-26(14-36)9-19(10-26)38-22(32)20(23(33)39)21(35-38)16-11-34-37(13-16)12-15-6-17(27(29,30)31)8-18(28)7-15/h6-8,11,13,19H,4-5,9-10,12,14,32H2,1-3H3,(H2,33,39)/t19-,26-. The van der Waals surface area contributed by atoms with Crippen molar-refractivity contribution >= 4 is 29.4 Å². The van der Waals surface area contributed by atoms with E-state index in [0.717, 1.165) is 18.6 Å². The van der Waals surface area contributed by atoms with Crippen molar-refractivity contribution in [3.8, 4) is 11.3 Å². The molecule has 2 aromatic heterocycles. The van der Waals surface area contributed by atoms with Gasteiger partial charge in [0.15, 0.2) is 0 Å². The number of amides is 2. The summed E-state index contributed by atoms with van der Waals surface area (Å²) < 4.78 is 48.2. The van der Waals surface area contributed by atoms with Crippen LogP contribution in [0.15, 0.2) is 30.6 Å². The Morgan fingerprint density at radius 2 is 1.90 bits per heavy atom. The van der Waals surface area contributed by atoms with Crippen LogP contribution in [0.3, 0.4) is 0 Å². The Balaban J connectivity index is 1.33. The molecular formula is C27H31ClF3N7O3. The van der Waals surface area contributed by atoms with Gasteiger partial charge in [0, 0.05) is 29.9 Å². The lowest BCUT2D eigenvalue weighted by Gasteiger charge is -2.45. The van der Waals surface area contributed by atoms with Crippen LogP contribution < -0.4 is 11.5 Å². The fourth-order valence-corrected chi connectivity index (χ4v) is 5.96. The zero-order valence-corrected chi connectivity index (χ0v) is 23.6. The molecule has 0 unspecified atom stereocenters. The molecule has 3 heterocycles. The average molecular weight is 594 g/mol. The van der Waals surface area contributed by atoms with Gasteiger partial charge in [-0.25, -0.2) is 9.48 Å². The molecule has 0 bridgehead atoms. The smallest absolute Gasteiger partial charge is 0.416 e. The van der Waals surface area contributed by atoms with Crippen molar-refractivity contribution in [1.82, 2.24) is 24.5 Å². The lowest BCUT2D eigenvalue weighted by Crippen LogP contribution is -2.43. The van der Waals surface area contributed by atoms with Crippen LogP contribution in [0.25, 0.3) is 11.3 Å². The van der Waals surface area contributed by atoms with Gasteiger partial charge in [0.1, 0.15) is 22.7 Å². The van der Waals surface area contributed by atoms with Gasteiger partial charge in [0.25, 0.3) is 5.91 Å². The first kappa shape index (κ1) is 28.8. The summed E-state index contributed by atoms with van der Waals surface area (Å²) in [5.41, 5.74) is 11.5. The highest BCUT2D eigenvalue weighted by molar-refractivity contribution is 6.30. The minimum Gasteiger partial charge on any atom is -0.444 e. The molecule has 3 aromatic rings. The molecule has 2 aliphatic rings. The number of carbonyl (C=O) groups is 2. The maximum Gasteiger partial charge on any atom is 0.416 e. The van der Waals surface area contributed by atoms with Crippen molar-refractivity contribution in [2.75, 3.05) is 18.8 Å². The number of nitrogen functional groups attached to an aromatic ring is 1. The molecule has 1 saturated heterocycles. The number of ether oxygens (including phenoxy) is 1. The molecular weight excluding hydrogens is 563 g/mol. The zero-order valence-electron chi connectivity index (χ0n) is 22.8. The minimum absolute atomic E-state index is 0.00499. The molecule has 2 fully saturated rings. The number of nitrogens with zero attached hydrogens (tertiary/aromatic N) is 5. The third-order valence-corrected chi connectivity index (χ3v) is 7.72. The number of alkyl halides is 3. The number of hydrogen-bond acceptors (Lipinski definition) is 6. The van der Waals surface area contributed by atoms with Crippen molar-refractivity contribution in [2.45, 2.75) is 64.4 Å². The molecule has 1 saturated carbocycles. The lowest BCUT2D eigenvalue weighted by atomic mass is 9.65. The number of likely N-dealkylation sites (tertiary alicyclic amines) is 1. The number of rotatable bonds is 5. The Morgan fingerprint density at radius 1 is 1.20 bits per heavy atom. The van der Waals surface area contributed by atoms with E-state index >= 15 is 0 Å². The average Bonchev–Trinajstić information content (AvgIpc) is 3.53. The predicted molar refractivity (Wildman–Crippen MR) is 145 cm³/mol. The van der Waals surface area contributed by atoms with Crippen LogP contribution in [0, 0.1) is 5.41 Å². The van der Waals surface area contributed by atoms with Gasteiger partial charge in [0.2, 0.25) is 0 Å². The number of benzene rings is 1. The second kappa shape index (κ2) is 9.97. The summed E-state index contributed by atoms with van der Waals surface area (Å²) >= 11 is 5.91. The minimum atomic E-state index is -4.54. The molecule has 10 nitrogen and oxygen atoms in total. The Kier molecular flexibility index (Phi) is 6.99. The summed E-state index contributed by atoms with van der Waals surface area (Å²) in [6, 6.07) is 3.20. The van der Waals surface area contributed by atoms with E-state index in [1.54, 1.807) is 15.8 Å². The summed E-state index contributed by atoms with van der Waals surface area (Å²) in [4.78, 5) is 26.6. The normalized spacial score (nSPS) is 20.9. The highest BCUT2D eigenvalue weighted by atomic mass is 35.5. The van der Waals surface area contributed by atoms with Gasteiger partial charge in [-0.15, -0.1) is 0 Å². The molecule has 14 heteroatoms. The first-order valence-corrected chi connectivity index (χ1v) is 13.5. The van der Waals surface area contributed by atoms with Crippen LogP contribution in [0.2, 0.25) is 5.02 Å². The van der Waals surface area contributed by atoms with Gasteiger partial charge >= 0.3 is 12.3 Å². The van der Waals surface area contributed by atoms with Crippen LogP contribution in [0.5, 0.6) is 0 Å². The first-order chi connectivity index (χ1) is 19.0. The molecule has 2 amide bonds. The summed E-state index contributed by atoms with van der Waals surface area (Å²) in [5.74, 6) is -0.626. The predicted octanol–water partition coefficient (Wildman–Crippen LogP) is 5.11. The molecule has 1 aliphatic heterocycles. The first-order valence-electron chi connectivity index (χ1n) is 13.1. The van der Waals surface area contributed by atoms with Crippen LogP contribution in [0.4, 0.5) is 23.8 Å². The molecule has 1 aliphatic carbocycles. The number of hydrogen-bond donors (Lipinski definition) is 2. The number of aromatic nitrogens is 4. The lowest BCUT2D eigenvalue weighted by molar-refractivity contribution is -0.137. The van der Waals surface area contributed by atoms with E-state index in [1.807, 2.05) is 20.8 Å². The zero-order chi connectivity index (χ0) is 29.9. The Morgan fingerprint density at radius 3 is 2.54 bits per heavy atom. The Hall–Kier alpha value is -3.74. The molecule has 41 heavy (non-hydrogen) atoms. The van der Waals surface area contributed by atoms with Crippen molar-refractivity contribution in [1.29, 1.82) is 0 Å². The number of carbonyl (C=O) groups excluding carboxylic acids is 2. The van der Waals surface area contributed by atoms with Gasteiger partial charge in [-0.3, -0.25) is 9.48 Å². The van der Waals surface area contributed by atoms with Crippen molar-refractivity contribution in [3.05, 3.63) is 52.3 Å². The molecule has 0 atom stereocenters. The largest absolute Gasteiger partial charge is 0.444 e. The second-order valence-electron chi connectivity index (χ2n) is 11.9. The fourth-order valence-electron chi connectivity index (χ4n) is 5.70. The maximum atomic E-state index is 13.2. The van der Waals surface area contributed by atoms with Crippen LogP contribution in [-0.4, -0.2) is 55.2 Å². The van der Waals surface area contributed by atoms with E-state index in [-0.39, 0.29) is 46.2 Å². The molecule has 1 aromatic carbocycles. The molecule has 4 N–H and O–H groups in total. The van der Waals surface area contributed by atoms with E-state index in [0.29, 0.717) is 37.1 Å². The SMILES string of the molecule is CC(C)(C)OC(=O)N1CC[C@]2(C1)C[C@H](n1nc(-c3cnn(Cc4cc(Cl)cc(C(F)(F)F)c4)c3)c(C(N)=O)c1N)C2. The molecule has 220 valence electrons. The topological polar surface area (TPSA) is 134 Å². The van der Waals surface area contributed by atoms with E-state index in [2.05, 4.69) is 10.2 Å². The van der Waals surface area contributed by atoms with E-state index in [1.165, 1.54) is 16.9 Å². The highest BCUT2D eigenvalue weighted by Gasteiger charge is 2.51. The number of nitrogens with two attached hydrogens (primary N) is 2. The molecule has 5 rings (SSSR count). The Labute approximate surface area is 239 Å². The van der Waals surface area contributed by atoms with Crippen LogP contribution in [0.1, 0.15) is 67.6 Å². The number of anilines is 1. The third-order valence-electron chi connectivity index (χ3n) is 7.50. The van der Waals surface area contributed by atoms with Crippen molar-refractivity contribution in [3.63, 3.8) is 0 Å². The monoisotopic (exact) mass is 593 g/mol. The van der Waals surface area contributed by atoms with Crippen LogP contribution in [-0.2, 0) is 17.5 Å². The number of primary amides is 1. The summed E-state index contributed by atoms with van der Waals surface area (Å²) in [6.45, 7) is 6.66. The van der Waals surface area contributed by atoms with Crippen molar-refractivity contribution < 1.29 is 27.5 Å². The quantitative estimate of drug-likeness (QED) is 0.422. The van der Waals surface area contributed by atoms with Gasteiger partial charge in [0.05, 0.1) is 24.3 Å². The van der Waals surface area contributed by atoms with Gasteiger partial charge in [-0.2, -0.15) is 23.4 Å². The third kappa shape index (κ3) is 5.85. The number of halogens is 4. The summed E-state index contributed by atoms with van der Waals surface area (Å²) in [7, 11) is 0. The summed E-state index contributed by atoms with van der Waals surface area (Å²) in [6.07, 6.45) is 0.389. The van der Waals surface area contributed by atoms with E-state index < -0.39 is 23.2 Å². The van der Waals surface area contributed by atoms with E-state index in [9.17, 15) is 22.8 Å². The van der Waals surface area contributed by atoms with Gasteiger partial charge in [-0.05, 0) is 69.2 Å². The highest BCUT2D eigenvalue weighted by Crippen LogP contribution is 2.55. The second-order valence-corrected chi connectivity index (χ2v) is 12.3. The fraction of sp³-hybridized carbons (Fsp3) is 0.481. The molecule has 0 radical (unpaired) electrons. The molecule has 1 spiro atoms. The Bertz CT molecular complexity index is 1500. The van der Waals surface area contributed by atoms with Crippen LogP contribution >= 0.6 is 11.6 Å². The van der Waals surface area contributed by atoms with Crippen molar-refractivity contribution in [2.24, 2.45) is 11.1 Å². The van der Waals surface area contributed by atoms with Gasteiger partial charge in [-0.1, -0.05) is 11.6 Å². The van der Waals surface area contributed by atoms with Gasteiger partial charge < -0.3 is 21.1 Å². The van der Waals surface area contributed by atoms with E-state index in [4.69, 9.17) is 27.8 Å². The summed E-state index contributed by atoms with van der Waals surface area (Å²) in [5, 5.41) is 8.82.